The molecule has 4 heterocycles. The number of nitrogens with zero attached hydrogens (tertiary/aromatic N) is 4. The van der Waals surface area contributed by atoms with Crippen LogP contribution in [0.3, 0.4) is 0 Å². The standard InChI is InChI=1S/C21H19N5O3S/c1-12(2)9-26-20-16(19(25-26)24-21(27)15-8-23-30-10-15)5-14(7-22-20)13-3-4-17-18(6-13)29-11-28-17/h3-8,10,12H,9,11H2,1-2H3,(H,24,25,27). The molecule has 0 saturated heterocycles. The molecule has 0 saturated carbocycles. The van der Waals surface area contributed by atoms with Gasteiger partial charge in [-0.3, -0.25) is 4.79 Å². The van der Waals surface area contributed by atoms with Gasteiger partial charge in [0.05, 0.1) is 17.1 Å². The Morgan fingerprint density at radius 2 is 2.07 bits per heavy atom. The summed E-state index contributed by atoms with van der Waals surface area (Å²) < 4.78 is 16.7. The Labute approximate surface area is 176 Å². The quantitative estimate of drug-likeness (QED) is 0.520. The molecule has 4 aromatic rings. The lowest BCUT2D eigenvalue weighted by Crippen LogP contribution is -2.12. The van der Waals surface area contributed by atoms with E-state index in [4.69, 9.17) is 9.47 Å². The second-order valence-corrected chi connectivity index (χ2v) is 8.11. The fourth-order valence-corrected chi connectivity index (χ4v) is 3.87. The van der Waals surface area contributed by atoms with Crippen molar-refractivity contribution in [2.24, 2.45) is 5.92 Å². The molecule has 0 atom stereocenters. The lowest BCUT2D eigenvalue weighted by atomic mass is 10.1. The van der Waals surface area contributed by atoms with Crippen molar-refractivity contribution in [3.8, 4) is 22.6 Å². The molecule has 9 heteroatoms. The van der Waals surface area contributed by atoms with E-state index in [1.807, 2.05) is 35.1 Å². The van der Waals surface area contributed by atoms with Crippen LogP contribution < -0.4 is 14.8 Å². The summed E-state index contributed by atoms with van der Waals surface area (Å²) >= 11 is 1.23. The maximum Gasteiger partial charge on any atom is 0.259 e. The van der Waals surface area contributed by atoms with Crippen LogP contribution in [0.25, 0.3) is 22.2 Å². The average molecular weight is 421 g/mol. The number of pyridine rings is 1. The van der Waals surface area contributed by atoms with Gasteiger partial charge in [0.25, 0.3) is 5.91 Å². The summed E-state index contributed by atoms with van der Waals surface area (Å²) in [5.41, 5.74) is 3.08. The number of carbonyl (C=O) groups excluding carboxylic acids is 1. The van der Waals surface area contributed by atoms with Crippen LogP contribution in [0.5, 0.6) is 11.5 Å². The first-order chi connectivity index (χ1) is 14.6. The summed E-state index contributed by atoms with van der Waals surface area (Å²) in [6, 6.07) is 7.77. The SMILES string of the molecule is CC(C)Cn1nc(NC(=O)c2cnsc2)c2cc(-c3ccc4c(c3)OCO4)cnc21. The lowest BCUT2D eigenvalue weighted by molar-refractivity contribution is 0.102. The predicted octanol–water partition coefficient (Wildman–Crippen LogP) is 4.19. The van der Waals surface area contributed by atoms with E-state index >= 15 is 0 Å². The number of fused-ring (bicyclic) bond motifs is 2. The van der Waals surface area contributed by atoms with E-state index in [0.717, 1.165) is 27.9 Å². The number of rotatable bonds is 5. The number of aromatic nitrogens is 4. The van der Waals surface area contributed by atoms with E-state index in [1.165, 1.54) is 11.5 Å². The van der Waals surface area contributed by atoms with Gasteiger partial charge in [-0.15, -0.1) is 0 Å². The molecule has 0 fully saturated rings. The Hall–Kier alpha value is -3.46. The van der Waals surface area contributed by atoms with Crippen molar-refractivity contribution in [1.29, 1.82) is 0 Å². The van der Waals surface area contributed by atoms with E-state index in [-0.39, 0.29) is 12.7 Å². The topological polar surface area (TPSA) is 91.2 Å². The molecule has 8 nitrogen and oxygen atoms in total. The third-order valence-electron chi connectivity index (χ3n) is 4.76. The minimum Gasteiger partial charge on any atom is -0.454 e. The second-order valence-electron chi connectivity index (χ2n) is 7.45. The van der Waals surface area contributed by atoms with Gasteiger partial charge in [-0.1, -0.05) is 19.9 Å². The maximum absolute atomic E-state index is 12.6. The minimum absolute atomic E-state index is 0.228. The Balaban J connectivity index is 1.57. The summed E-state index contributed by atoms with van der Waals surface area (Å²) in [6.45, 7) is 5.15. The molecular formula is C21H19N5O3S. The number of ether oxygens (including phenoxy) is 2. The highest BCUT2D eigenvalue weighted by atomic mass is 32.1. The highest BCUT2D eigenvalue weighted by Crippen LogP contribution is 2.37. The van der Waals surface area contributed by atoms with E-state index in [9.17, 15) is 4.79 Å². The third kappa shape index (κ3) is 3.37. The Kier molecular flexibility index (Phi) is 4.59. The number of amides is 1. The number of hydrogen-bond acceptors (Lipinski definition) is 7. The molecule has 1 aliphatic rings. The van der Waals surface area contributed by atoms with Crippen LogP contribution in [0.1, 0.15) is 24.2 Å². The monoisotopic (exact) mass is 421 g/mol. The molecule has 0 bridgehead atoms. The lowest BCUT2D eigenvalue weighted by Gasteiger charge is -2.06. The van der Waals surface area contributed by atoms with Crippen molar-refractivity contribution in [3.05, 3.63) is 47.6 Å². The van der Waals surface area contributed by atoms with Crippen molar-refractivity contribution < 1.29 is 14.3 Å². The number of nitrogens with one attached hydrogen (secondary N) is 1. The zero-order valence-electron chi connectivity index (χ0n) is 16.5. The molecule has 30 heavy (non-hydrogen) atoms. The van der Waals surface area contributed by atoms with Crippen molar-refractivity contribution in [3.63, 3.8) is 0 Å². The van der Waals surface area contributed by atoms with E-state index in [0.29, 0.717) is 29.6 Å². The predicted molar refractivity (Wildman–Crippen MR) is 114 cm³/mol. The summed E-state index contributed by atoms with van der Waals surface area (Å²) in [4.78, 5) is 17.3. The van der Waals surface area contributed by atoms with Gasteiger partial charge < -0.3 is 14.8 Å². The van der Waals surface area contributed by atoms with Crippen LogP contribution in [0.4, 0.5) is 5.82 Å². The van der Waals surface area contributed by atoms with Gasteiger partial charge in [-0.25, -0.2) is 14.0 Å². The summed E-state index contributed by atoms with van der Waals surface area (Å²) in [5.74, 6) is 2.06. The number of anilines is 1. The van der Waals surface area contributed by atoms with Crippen LogP contribution >= 0.6 is 11.5 Å². The van der Waals surface area contributed by atoms with Gasteiger partial charge in [0, 0.05) is 23.7 Å². The first-order valence-corrected chi connectivity index (χ1v) is 10.4. The smallest absolute Gasteiger partial charge is 0.259 e. The number of carbonyl (C=O) groups is 1. The normalized spacial score (nSPS) is 12.6. The van der Waals surface area contributed by atoms with Crippen LogP contribution in [0, 0.1) is 5.92 Å². The van der Waals surface area contributed by atoms with E-state index in [1.54, 1.807) is 11.6 Å². The Morgan fingerprint density at radius 3 is 2.87 bits per heavy atom. The molecule has 1 N–H and O–H groups in total. The number of hydrogen-bond donors (Lipinski definition) is 1. The average Bonchev–Trinajstić information content (AvgIpc) is 3.48. The highest BCUT2D eigenvalue weighted by Gasteiger charge is 2.19. The third-order valence-corrected chi connectivity index (χ3v) is 5.34. The van der Waals surface area contributed by atoms with Crippen molar-refractivity contribution in [2.45, 2.75) is 20.4 Å². The van der Waals surface area contributed by atoms with E-state index < -0.39 is 0 Å². The molecule has 1 aromatic carbocycles. The van der Waals surface area contributed by atoms with E-state index in [2.05, 4.69) is 33.6 Å². The van der Waals surface area contributed by atoms with Gasteiger partial charge in [-0.2, -0.15) is 5.10 Å². The molecule has 152 valence electrons. The molecule has 1 amide bonds. The van der Waals surface area contributed by atoms with Crippen molar-refractivity contribution in [1.82, 2.24) is 19.1 Å². The second kappa shape index (κ2) is 7.42. The molecular weight excluding hydrogens is 402 g/mol. The minimum atomic E-state index is -0.242. The van der Waals surface area contributed by atoms with Gasteiger partial charge in [-0.05, 0) is 41.2 Å². The largest absolute Gasteiger partial charge is 0.454 e. The zero-order valence-corrected chi connectivity index (χ0v) is 17.3. The molecule has 1 aliphatic heterocycles. The molecule has 0 unspecified atom stereocenters. The summed E-state index contributed by atoms with van der Waals surface area (Å²) in [7, 11) is 0. The van der Waals surface area contributed by atoms with Gasteiger partial charge in [0.2, 0.25) is 6.79 Å². The summed E-state index contributed by atoms with van der Waals surface area (Å²) in [5, 5.41) is 10.0. The fraction of sp³-hybridized carbons (Fsp3) is 0.238. The molecule has 0 radical (unpaired) electrons. The van der Waals surface area contributed by atoms with Gasteiger partial charge in [0.15, 0.2) is 23.0 Å². The van der Waals surface area contributed by atoms with Crippen molar-refractivity contribution >= 4 is 34.3 Å². The first-order valence-electron chi connectivity index (χ1n) is 9.56. The van der Waals surface area contributed by atoms with Crippen molar-refractivity contribution in [2.75, 3.05) is 12.1 Å². The highest BCUT2D eigenvalue weighted by molar-refractivity contribution is 7.03. The maximum atomic E-state index is 12.6. The van der Waals surface area contributed by atoms with Crippen LogP contribution in [-0.4, -0.2) is 31.8 Å². The fourth-order valence-electron chi connectivity index (χ4n) is 3.36. The zero-order chi connectivity index (χ0) is 20.7. The van der Waals surface area contributed by atoms with Crippen LogP contribution in [0.15, 0.2) is 42.0 Å². The molecule has 0 aliphatic carbocycles. The molecule has 3 aromatic heterocycles. The van der Waals surface area contributed by atoms with Gasteiger partial charge >= 0.3 is 0 Å². The number of benzene rings is 1. The summed E-state index contributed by atoms with van der Waals surface area (Å²) in [6.07, 6.45) is 3.36. The molecule has 0 spiro atoms. The first kappa shape index (κ1) is 18.6. The molecule has 5 rings (SSSR count). The van der Waals surface area contributed by atoms with Gasteiger partial charge in [0.1, 0.15) is 0 Å². The van der Waals surface area contributed by atoms with Crippen LogP contribution in [-0.2, 0) is 6.54 Å². The Morgan fingerprint density at radius 1 is 1.20 bits per heavy atom. The Bertz CT molecular complexity index is 1230. The van der Waals surface area contributed by atoms with Crippen LogP contribution in [0.2, 0.25) is 0 Å².